The first-order valence-corrected chi connectivity index (χ1v) is 7.90. The fraction of sp³-hybridized carbons (Fsp3) is 0.125. The van der Waals surface area contributed by atoms with Crippen LogP contribution in [0.15, 0.2) is 72.1 Å². The molecule has 96 valence electrons. The Labute approximate surface area is 113 Å². The zero-order valence-corrected chi connectivity index (χ0v) is 11.6. The molecule has 2 nitrogen and oxygen atoms in total. The van der Waals surface area contributed by atoms with Gasteiger partial charge in [0.1, 0.15) is 6.10 Å². The van der Waals surface area contributed by atoms with E-state index in [1.807, 2.05) is 73.7 Å². The highest BCUT2D eigenvalue weighted by atomic mass is 31.2. The molecule has 0 saturated carbocycles. The first kappa shape index (κ1) is 12.4. The summed E-state index contributed by atoms with van der Waals surface area (Å²) < 4.78 is 18.9. The summed E-state index contributed by atoms with van der Waals surface area (Å²) in [6, 6.07) is 19.3. The number of rotatable bonds is 2. The molecular weight excluding hydrogens is 255 g/mol. The summed E-state index contributed by atoms with van der Waals surface area (Å²) in [6.45, 7) is 1.89. The first-order valence-electron chi connectivity index (χ1n) is 6.28. The largest absolute Gasteiger partial charge is 0.310 e. The van der Waals surface area contributed by atoms with Crippen molar-refractivity contribution in [1.82, 2.24) is 0 Å². The molecule has 1 aliphatic rings. The van der Waals surface area contributed by atoms with Crippen molar-refractivity contribution in [3.63, 3.8) is 0 Å². The van der Waals surface area contributed by atoms with Gasteiger partial charge in [0.2, 0.25) is 0 Å². The van der Waals surface area contributed by atoms with Gasteiger partial charge in [-0.3, -0.25) is 4.57 Å². The highest BCUT2D eigenvalue weighted by Gasteiger charge is 2.37. The van der Waals surface area contributed by atoms with E-state index in [9.17, 15) is 4.57 Å². The van der Waals surface area contributed by atoms with E-state index < -0.39 is 7.37 Å². The van der Waals surface area contributed by atoms with Crippen LogP contribution in [-0.2, 0) is 9.09 Å². The van der Waals surface area contributed by atoms with Gasteiger partial charge in [0.25, 0.3) is 7.37 Å². The molecule has 3 heteroatoms. The molecule has 0 aromatic heterocycles. The summed E-state index contributed by atoms with van der Waals surface area (Å²) in [6.07, 6.45) is 1.75. The van der Waals surface area contributed by atoms with Crippen LogP contribution in [0.25, 0.3) is 0 Å². The maximum atomic E-state index is 13.0. The van der Waals surface area contributed by atoms with Gasteiger partial charge in [-0.1, -0.05) is 48.5 Å². The highest BCUT2D eigenvalue weighted by Crippen LogP contribution is 2.62. The summed E-state index contributed by atoms with van der Waals surface area (Å²) in [7, 11) is -2.87. The summed E-state index contributed by atoms with van der Waals surface area (Å²) in [4.78, 5) is 0. The van der Waals surface area contributed by atoms with Gasteiger partial charge in [-0.2, -0.15) is 0 Å². The lowest BCUT2D eigenvalue weighted by molar-refractivity contribution is 0.277. The first-order chi connectivity index (χ1) is 9.20. The molecule has 2 aromatic rings. The predicted octanol–water partition coefficient (Wildman–Crippen LogP) is 4.27. The summed E-state index contributed by atoms with van der Waals surface area (Å²) in [5.41, 5.74) is 1.04. The second-order valence-corrected chi connectivity index (χ2v) is 7.17. The van der Waals surface area contributed by atoms with Gasteiger partial charge >= 0.3 is 0 Å². The molecule has 0 amide bonds. The van der Waals surface area contributed by atoms with Crippen LogP contribution in [-0.4, -0.2) is 0 Å². The summed E-state index contributed by atoms with van der Waals surface area (Å²) in [5.74, 6) is 0. The van der Waals surface area contributed by atoms with Gasteiger partial charge in [-0.15, -0.1) is 0 Å². The molecule has 3 rings (SSSR count). The van der Waals surface area contributed by atoms with E-state index in [2.05, 4.69) is 0 Å². The monoisotopic (exact) mass is 270 g/mol. The smallest absolute Gasteiger partial charge is 0.257 e. The number of benzene rings is 2. The van der Waals surface area contributed by atoms with Gasteiger partial charge in [-0.25, -0.2) is 0 Å². The Morgan fingerprint density at radius 2 is 1.53 bits per heavy atom. The van der Waals surface area contributed by atoms with E-state index >= 15 is 0 Å². The third kappa shape index (κ3) is 2.18. The Morgan fingerprint density at radius 3 is 2.16 bits per heavy atom. The molecule has 0 aliphatic carbocycles. The molecule has 0 spiro atoms. The average Bonchev–Trinajstić information content (AvgIpc) is 2.78. The van der Waals surface area contributed by atoms with E-state index in [1.165, 1.54) is 0 Å². The van der Waals surface area contributed by atoms with Crippen molar-refractivity contribution in [2.45, 2.75) is 13.0 Å². The van der Waals surface area contributed by atoms with E-state index in [4.69, 9.17) is 4.52 Å². The van der Waals surface area contributed by atoms with Crippen molar-refractivity contribution in [3.05, 3.63) is 77.6 Å². The quantitative estimate of drug-likeness (QED) is 0.762. The zero-order valence-electron chi connectivity index (χ0n) is 10.7. The molecular formula is C16H15O2P. The number of hydrogen-bond donors (Lipinski definition) is 0. The normalized spacial score (nSPS) is 26.2. The molecule has 1 heterocycles. The highest BCUT2D eigenvalue weighted by molar-refractivity contribution is 7.71. The van der Waals surface area contributed by atoms with E-state index in [-0.39, 0.29) is 6.10 Å². The van der Waals surface area contributed by atoms with Crippen LogP contribution >= 0.6 is 7.37 Å². The molecule has 0 bridgehead atoms. The zero-order chi connectivity index (χ0) is 13.3. The Morgan fingerprint density at radius 1 is 0.947 bits per heavy atom. The molecule has 1 aliphatic heterocycles. The third-order valence-corrected chi connectivity index (χ3v) is 5.92. The molecule has 2 unspecified atom stereocenters. The van der Waals surface area contributed by atoms with Gasteiger partial charge in [0, 0.05) is 10.6 Å². The topological polar surface area (TPSA) is 26.3 Å². The Hall–Kier alpha value is -1.63. The SMILES string of the molecule is CC1=CC(c2ccccc2)OP1(=O)c1ccccc1. The van der Waals surface area contributed by atoms with Crippen LogP contribution in [0.2, 0.25) is 0 Å². The summed E-state index contributed by atoms with van der Waals surface area (Å²) >= 11 is 0. The third-order valence-electron chi connectivity index (χ3n) is 3.34. The molecule has 19 heavy (non-hydrogen) atoms. The predicted molar refractivity (Wildman–Crippen MR) is 77.7 cm³/mol. The maximum absolute atomic E-state index is 13.0. The van der Waals surface area contributed by atoms with Crippen LogP contribution < -0.4 is 5.30 Å². The van der Waals surface area contributed by atoms with Crippen molar-refractivity contribution in [2.24, 2.45) is 0 Å². The molecule has 0 saturated heterocycles. The molecule has 0 N–H and O–H groups in total. The van der Waals surface area contributed by atoms with Crippen molar-refractivity contribution < 1.29 is 9.09 Å². The van der Waals surface area contributed by atoms with Crippen LogP contribution in [0.3, 0.4) is 0 Å². The standard InChI is InChI=1S/C16H15O2P/c1-13-12-16(14-8-4-2-5-9-14)18-19(13,17)15-10-6-3-7-11-15/h2-12,16H,1H3. The Balaban J connectivity index is 1.97. The van der Waals surface area contributed by atoms with Crippen LogP contribution in [0.5, 0.6) is 0 Å². The van der Waals surface area contributed by atoms with E-state index in [0.29, 0.717) is 0 Å². The number of allylic oxidation sites excluding steroid dienone is 1. The lowest BCUT2D eigenvalue weighted by Crippen LogP contribution is -2.05. The van der Waals surface area contributed by atoms with Crippen LogP contribution in [0.4, 0.5) is 0 Å². The lowest BCUT2D eigenvalue weighted by atomic mass is 10.1. The van der Waals surface area contributed by atoms with Gasteiger partial charge < -0.3 is 4.52 Å². The van der Waals surface area contributed by atoms with Crippen molar-refractivity contribution in [1.29, 1.82) is 0 Å². The lowest BCUT2D eigenvalue weighted by Gasteiger charge is -2.16. The minimum atomic E-state index is -2.87. The van der Waals surface area contributed by atoms with Gasteiger partial charge in [-0.05, 0) is 30.7 Å². The fourth-order valence-corrected chi connectivity index (χ4v) is 4.37. The molecule has 2 atom stereocenters. The second kappa shape index (κ2) is 4.80. The van der Waals surface area contributed by atoms with Crippen LogP contribution in [0, 0.1) is 0 Å². The van der Waals surface area contributed by atoms with Crippen molar-refractivity contribution in [2.75, 3.05) is 0 Å². The fourth-order valence-electron chi connectivity index (χ4n) is 2.28. The van der Waals surface area contributed by atoms with Crippen LogP contribution in [0.1, 0.15) is 18.6 Å². The van der Waals surface area contributed by atoms with E-state index in [0.717, 1.165) is 16.2 Å². The Kier molecular flexibility index (Phi) is 3.14. The average molecular weight is 270 g/mol. The minimum absolute atomic E-state index is 0.216. The van der Waals surface area contributed by atoms with Crippen molar-refractivity contribution >= 4 is 12.7 Å². The van der Waals surface area contributed by atoms with Gasteiger partial charge in [0.15, 0.2) is 0 Å². The van der Waals surface area contributed by atoms with Gasteiger partial charge in [0.05, 0.1) is 0 Å². The van der Waals surface area contributed by atoms with Crippen molar-refractivity contribution in [3.8, 4) is 0 Å². The second-order valence-electron chi connectivity index (χ2n) is 4.63. The Bertz CT molecular complexity index is 647. The molecule has 0 radical (unpaired) electrons. The summed E-state index contributed by atoms with van der Waals surface area (Å²) in [5, 5.41) is 1.59. The minimum Gasteiger partial charge on any atom is -0.310 e. The molecule has 0 fully saturated rings. The molecule has 2 aromatic carbocycles. The van der Waals surface area contributed by atoms with E-state index in [1.54, 1.807) is 0 Å². The maximum Gasteiger partial charge on any atom is 0.257 e. The number of hydrogen-bond acceptors (Lipinski definition) is 2.